The van der Waals surface area contributed by atoms with Crippen LogP contribution in [0.1, 0.15) is 82.1 Å². The van der Waals surface area contributed by atoms with Gasteiger partial charge in [-0.25, -0.2) is 8.42 Å². The topological polar surface area (TPSA) is 89.0 Å². The molecule has 0 aliphatic carbocycles. The molecule has 4 unspecified atom stereocenters. The SMILES string of the molecule is CC(C)CC(Oc1cccc(S(=O)(=O)C=[N+]=[N-])c1OC(CC(C)C)C(C)C(C)C)C(C)C(C)C. The Balaban J connectivity index is 3.68. The Morgan fingerprint density at radius 3 is 1.71 bits per heavy atom. The van der Waals surface area contributed by atoms with Gasteiger partial charge in [0.1, 0.15) is 17.1 Å². The van der Waals surface area contributed by atoms with Crippen molar-refractivity contribution in [3.05, 3.63) is 23.7 Å². The summed E-state index contributed by atoms with van der Waals surface area (Å²) in [6, 6.07) is 4.91. The standard InChI is InChI=1S/C27H46N2O4S/c1-17(2)14-24(21(9)19(5)6)32-23-12-11-13-26(34(30,31)16-29-28)27(23)33-25(15-18(3)4)22(10)20(7)8/h11-13,16-22,24-25H,14-15H2,1-10H3. The van der Waals surface area contributed by atoms with Gasteiger partial charge in [-0.2, -0.15) is 4.79 Å². The Bertz CT molecular complexity index is 919. The summed E-state index contributed by atoms with van der Waals surface area (Å²) in [5, 5.41) is 0. The molecule has 1 rings (SSSR count). The van der Waals surface area contributed by atoms with E-state index in [9.17, 15) is 8.42 Å². The summed E-state index contributed by atoms with van der Waals surface area (Å²) in [5.41, 5.74) is 9.53. The minimum Gasteiger partial charge on any atom is -0.486 e. The molecule has 0 aliphatic rings. The monoisotopic (exact) mass is 494 g/mol. The van der Waals surface area contributed by atoms with Crippen molar-refractivity contribution in [2.75, 3.05) is 0 Å². The molecular weight excluding hydrogens is 448 g/mol. The van der Waals surface area contributed by atoms with Crippen LogP contribution in [0.5, 0.6) is 11.5 Å². The van der Waals surface area contributed by atoms with Gasteiger partial charge in [0.25, 0.3) is 9.84 Å². The minimum atomic E-state index is -4.03. The molecule has 0 saturated carbocycles. The number of rotatable bonds is 14. The average Bonchev–Trinajstić information content (AvgIpc) is 2.71. The van der Waals surface area contributed by atoms with E-state index in [1.807, 2.05) is 0 Å². The normalized spacial score (nSPS) is 15.8. The molecule has 0 fully saturated rings. The number of nitrogens with zero attached hydrogens (tertiary/aromatic N) is 2. The highest BCUT2D eigenvalue weighted by atomic mass is 32.2. The third kappa shape index (κ3) is 8.74. The van der Waals surface area contributed by atoms with Gasteiger partial charge in [-0.05, 0) is 60.5 Å². The Morgan fingerprint density at radius 1 is 0.824 bits per heavy atom. The highest BCUT2D eigenvalue weighted by Gasteiger charge is 2.32. The smallest absolute Gasteiger partial charge is 0.374 e. The Labute approximate surface area is 208 Å². The first kappa shape index (κ1) is 30.2. The first-order valence-electron chi connectivity index (χ1n) is 12.6. The maximum absolute atomic E-state index is 13.0. The molecule has 0 spiro atoms. The van der Waals surface area contributed by atoms with Crippen LogP contribution in [0.4, 0.5) is 0 Å². The lowest BCUT2D eigenvalue weighted by Gasteiger charge is -2.33. The molecule has 34 heavy (non-hydrogen) atoms. The van der Waals surface area contributed by atoms with Crippen LogP contribution in [-0.2, 0) is 9.84 Å². The molecule has 194 valence electrons. The Morgan fingerprint density at radius 2 is 1.29 bits per heavy atom. The Kier molecular flexibility index (Phi) is 11.8. The van der Waals surface area contributed by atoms with Gasteiger partial charge in [-0.3, -0.25) is 0 Å². The second-order valence-electron chi connectivity index (χ2n) is 11.1. The van der Waals surface area contributed by atoms with E-state index < -0.39 is 9.84 Å². The van der Waals surface area contributed by atoms with Gasteiger partial charge in [0.15, 0.2) is 11.5 Å². The van der Waals surface area contributed by atoms with E-state index in [1.165, 1.54) is 6.07 Å². The van der Waals surface area contributed by atoms with Gasteiger partial charge in [-0.15, -0.1) is 0 Å². The van der Waals surface area contributed by atoms with Crippen LogP contribution < -0.4 is 9.47 Å². The molecule has 0 heterocycles. The lowest BCUT2D eigenvalue weighted by atomic mass is 9.87. The molecule has 0 N–H and O–H groups in total. The van der Waals surface area contributed by atoms with Gasteiger partial charge in [-0.1, -0.05) is 75.3 Å². The van der Waals surface area contributed by atoms with Crippen LogP contribution in [-0.4, -0.2) is 31.0 Å². The van der Waals surface area contributed by atoms with Crippen LogP contribution in [0.15, 0.2) is 23.1 Å². The minimum absolute atomic E-state index is 0.0481. The van der Waals surface area contributed by atoms with Crippen LogP contribution >= 0.6 is 0 Å². The molecule has 1 aromatic rings. The number of hydrogen-bond acceptors (Lipinski definition) is 4. The van der Waals surface area contributed by atoms with E-state index in [1.54, 1.807) is 12.1 Å². The summed E-state index contributed by atoms with van der Waals surface area (Å²) < 4.78 is 39.0. The summed E-state index contributed by atoms with van der Waals surface area (Å²) in [6.07, 6.45) is 1.32. The number of hydrogen-bond donors (Lipinski definition) is 0. The van der Waals surface area contributed by atoms with E-state index in [4.69, 9.17) is 15.0 Å². The highest BCUT2D eigenvalue weighted by Crippen LogP contribution is 2.40. The lowest BCUT2D eigenvalue weighted by Crippen LogP contribution is -2.32. The molecule has 7 heteroatoms. The number of sulfone groups is 1. The first-order valence-corrected chi connectivity index (χ1v) is 14.1. The fourth-order valence-corrected chi connectivity index (χ4v) is 4.80. The third-order valence-corrected chi connectivity index (χ3v) is 7.97. The van der Waals surface area contributed by atoms with E-state index >= 15 is 0 Å². The molecule has 6 nitrogen and oxygen atoms in total. The average molecular weight is 495 g/mol. The van der Waals surface area contributed by atoms with Gasteiger partial charge in [0.2, 0.25) is 0 Å². The van der Waals surface area contributed by atoms with Crippen LogP contribution in [0, 0.1) is 35.5 Å². The molecule has 0 saturated heterocycles. The van der Waals surface area contributed by atoms with Crippen molar-refractivity contribution >= 4 is 15.4 Å². The van der Waals surface area contributed by atoms with E-state index in [-0.39, 0.29) is 34.7 Å². The second kappa shape index (κ2) is 13.3. The van der Waals surface area contributed by atoms with Crippen molar-refractivity contribution in [2.45, 2.75) is 99.2 Å². The number of ether oxygens (including phenoxy) is 2. The maximum atomic E-state index is 13.0. The predicted octanol–water partition coefficient (Wildman–Crippen LogP) is 6.89. The third-order valence-electron chi connectivity index (χ3n) is 6.67. The molecule has 1 aromatic carbocycles. The van der Waals surface area contributed by atoms with Gasteiger partial charge in [0.05, 0.1) is 0 Å². The summed E-state index contributed by atoms with van der Waals surface area (Å²) in [7, 11) is -4.03. The molecular formula is C27H46N2O4S. The van der Waals surface area contributed by atoms with Gasteiger partial charge >= 0.3 is 5.55 Å². The second-order valence-corrected chi connectivity index (χ2v) is 12.9. The molecule has 0 aromatic heterocycles. The fourth-order valence-electron chi connectivity index (χ4n) is 3.89. The van der Waals surface area contributed by atoms with E-state index in [2.05, 4.69) is 74.0 Å². The van der Waals surface area contributed by atoms with Crippen LogP contribution in [0.3, 0.4) is 0 Å². The fraction of sp³-hybridized carbons (Fsp3) is 0.741. The zero-order valence-electron chi connectivity index (χ0n) is 22.8. The first-order chi connectivity index (χ1) is 15.7. The molecule has 0 radical (unpaired) electrons. The number of benzene rings is 1. The molecule has 4 atom stereocenters. The van der Waals surface area contributed by atoms with Crippen molar-refractivity contribution in [2.24, 2.45) is 35.5 Å². The predicted molar refractivity (Wildman–Crippen MR) is 139 cm³/mol. The molecule has 0 bridgehead atoms. The van der Waals surface area contributed by atoms with Gasteiger partial charge < -0.3 is 15.0 Å². The maximum Gasteiger partial charge on any atom is 0.374 e. The zero-order chi connectivity index (χ0) is 26.2. The lowest BCUT2D eigenvalue weighted by molar-refractivity contribution is 0.00749. The van der Waals surface area contributed by atoms with Crippen molar-refractivity contribution in [1.82, 2.24) is 0 Å². The Hall–Kier alpha value is -1.85. The summed E-state index contributed by atoms with van der Waals surface area (Å²) in [4.78, 5) is 2.74. The van der Waals surface area contributed by atoms with Crippen LogP contribution in [0.2, 0.25) is 0 Å². The molecule has 0 aliphatic heterocycles. The van der Waals surface area contributed by atoms with Crippen molar-refractivity contribution in [1.29, 1.82) is 0 Å². The van der Waals surface area contributed by atoms with Crippen molar-refractivity contribution < 1.29 is 22.7 Å². The quantitative estimate of drug-likeness (QED) is 0.122. The highest BCUT2D eigenvalue weighted by molar-refractivity contribution is 8.04. The van der Waals surface area contributed by atoms with E-state index in [0.29, 0.717) is 35.0 Å². The zero-order valence-corrected chi connectivity index (χ0v) is 23.6. The van der Waals surface area contributed by atoms with Gasteiger partial charge in [0, 0.05) is 0 Å². The molecule has 0 amide bonds. The van der Waals surface area contributed by atoms with E-state index in [0.717, 1.165) is 12.8 Å². The summed E-state index contributed by atoms with van der Waals surface area (Å²) in [6.45, 7) is 21.5. The van der Waals surface area contributed by atoms with Crippen LogP contribution in [0.25, 0.3) is 5.53 Å². The van der Waals surface area contributed by atoms with Crippen molar-refractivity contribution in [3.8, 4) is 11.5 Å². The number of para-hydroxylation sites is 1. The largest absolute Gasteiger partial charge is 0.486 e. The van der Waals surface area contributed by atoms with Crippen molar-refractivity contribution in [3.63, 3.8) is 0 Å². The summed E-state index contributed by atoms with van der Waals surface area (Å²) >= 11 is 0. The summed E-state index contributed by atoms with van der Waals surface area (Å²) in [5.74, 6) is 2.60.